The quantitative estimate of drug-likeness (QED) is 0.728. The van der Waals surface area contributed by atoms with Gasteiger partial charge < -0.3 is 10.6 Å². The molecule has 1 aliphatic rings. The monoisotopic (exact) mass is 226 g/mol. The highest BCUT2D eigenvalue weighted by molar-refractivity contribution is 5.65. The maximum Gasteiger partial charge on any atom is 0.307 e. The van der Waals surface area contributed by atoms with Crippen LogP contribution in [0.1, 0.15) is 17.2 Å². The van der Waals surface area contributed by atoms with Gasteiger partial charge in [0.25, 0.3) is 0 Å². The largest absolute Gasteiger partial charge is 0.343 e. The number of nitrogens with one attached hydrogen (secondary N) is 1. The molecule has 0 saturated heterocycles. The third kappa shape index (κ3) is 1.95. The zero-order valence-corrected chi connectivity index (χ0v) is 9.90. The van der Waals surface area contributed by atoms with E-state index in [1.165, 1.54) is 5.56 Å². The summed E-state index contributed by atoms with van der Waals surface area (Å²) in [4.78, 5) is 2.04. The smallest absolute Gasteiger partial charge is 0.307 e. The Morgan fingerprint density at radius 1 is 1.59 bits per heavy atom. The highest BCUT2D eigenvalue weighted by atomic mass is 15.1. The lowest BCUT2D eigenvalue weighted by molar-refractivity contribution is -0.0916. The lowest BCUT2D eigenvalue weighted by atomic mass is 9.94. The van der Waals surface area contributed by atoms with Gasteiger partial charge in [-0.15, -0.1) is 6.58 Å². The van der Waals surface area contributed by atoms with Crippen molar-refractivity contribution in [3.8, 4) is 6.07 Å². The number of aryl methyl sites for hydroxylation is 1. The molecule has 0 spiro atoms. The minimum atomic E-state index is -0.261. The van der Waals surface area contributed by atoms with Crippen LogP contribution in [0.3, 0.4) is 0 Å². The number of nitrogens with zero attached hydrogens (tertiary/aromatic N) is 1. The standard InChI is InChI=1S/C14H15N3/c1-3-6-17-9-11(8-15)14(16)12-7-10(2)4-5-13(12)17/h3-5,7,9,14H,1,6,16H2,2H3/p+1. The summed E-state index contributed by atoms with van der Waals surface area (Å²) in [6.07, 6.45) is 3.70. The topological polar surface area (TPSA) is 53.1 Å². The molecule has 1 unspecified atom stereocenters. The lowest BCUT2D eigenvalue weighted by Gasteiger charge is -2.29. The summed E-state index contributed by atoms with van der Waals surface area (Å²) in [5.74, 6) is 0. The van der Waals surface area contributed by atoms with Gasteiger partial charge in [0.1, 0.15) is 5.57 Å². The summed E-state index contributed by atoms with van der Waals surface area (Å²) in [7, 11) is 0. The molecule has 0 aliphatic carbocycles. The molecule has 0 fully saturated rings. The second kappa shape index (κ2) is 4.44. The van der Waals surface area contributed by atoms with E-state index >= 15 is 0 Å². The van der Waals surface area contributed by atoms with Gasteiger partial charge in [0, 0.05) is 18.4 Å². The average Bonchev–Trinajstić information content (AvgIpc) is 2.33. The Kier molecular flexibility index (Phi) is 2.99. The molecular formula is C14H16N3+. The highest BCUT2D eigenvalue weighted by Gasteiger charge is 2.25. The Bertz CT molecular complexity index is 523. The van der Waals surface area contributed by atoms with Gasteiger partial charge >= 0.3 is 6.07 Å². The van der Waals surface area contributed by atoms with E-state index in [4.69, 9.17) is 11.0 Å². The Hall–Kier alpha value is -2.05. The fourth-order valence-electron chi connectivity index (χ4n) is 2.07. The Morgan fingerprint density at radius 3 is 3.00 bits per heavy atom. The van der Waals surface area contributed by atoms with Crippen LogP contribution >= 0.6 is 0 Å². The van der Waals surface area contributed by atoms with E-state index in [-0.39, 0.29) is 6.04 Å². The highest BCUT2D eigenvalue weighted by Crippen LogP contribution is 2.34. The van der Waals surface area contributed by atoms with E-state index in [9.17, 15) is 0 Å². The van der Waals surface area contributed by atoms with Crippen LogP contribution in [-0.4, -0.2) is 6.54 Å². The SMILES string of the molecule is C=CCN1C=C(C#[NH+])C(N)c2cc(C)ccc21. The fourth-order valence-corrected chi connectivity index (χ4v) is 2.07. The molecule has 3 heteroatoms. The minimum absolute atomic E-state index is 0.261. The minimum Gasteiger partial charge on any atom is -0.343 e. The molecule has 86 valence electrons. The molecular weight excluding hydrogens is 210 g/mol. The van der Waals surface area contributed by atoms with Crippen molar-refractivity contribution in [3.05, 3.63) is 53.8 Å². The third-order valence-corrected chi connectivity index (χ3v) is 2.93. The second-order valence-electron chi connectivity index (χ2n) is 4.19. The number of hydrogen-bond acceptors (Lipinski definition) is 2. The van der Waals surface area contributed by atoms with Gasteiger partial charge in [-0.25, -0.2) is 0 Å². The lowest BCUT2D eigenvalue weighted by Crippen LogP contribution is -2.30. The maximum atomic E-state index is 7.29. The van der Waals surface area contributed by atoms with E-state index in [0.29, 0.717) is 12.1 Å². The Labute approximate surface area is 101 Å². The van der Waals surface area contributed by atoms with Gasteiger partial charge in [-0.05, 0) is 18.6 Å². The van der Waals surface area contributed by atoms with E-state index in [1.54, 1.807) is 0 Å². The summed E-state index contributed by atoms with van der Waals surface area (Å²) in [6.45, 7) is 6.49. The van der Waals surface area contributed by atoms with Gasteiger partial charge in [0.2, 0.25) is 0 Å². The molecule has 0 bridgehead atoms. The van der Waals surface area contributed by atoms with Crippen LogP contribution in [0.15, 0.2) is 42.6 Å². The van der Waals surface area contributed by atoms with Crippen LogP contribution in [0.5, 0.6) is 0 Å². The van der Waals surface area contributed by atoms with Crippen molar-refractivity contribution in [1.29, 1.82) is 0 Å². The fraction of sp³-hybridized carbons (Fsp3) is 0.214. The van der Waals surface area contributed by atoms with E-state index < -0.39 is 0 Å². The van der Waals surface area contributed by atoms with E-state index in [2.05, 4.69) is 30.8 Å². The predicted molar refractivity (Wildman–Crippen MR) is 68.6 cm³/mol. The van der Waals surface area contributed by atoms with Crippen molar-refractivity contribution < 1.29 is 5.26 Å². The second-order valence-corrected chi connectivity index (χ2v) is 4.19. The molecule has 3 nitrogen and oxygen atoms in total. The number of benzene rings is 1. The summed E-state index contributed by atoms with van der Waals surface area (Å²) < 4.78 is 0. The average molecular weight is 226 g/mol. The zero-order chi connectivity index (χ0) is 12.4. The molecule has 1 heterocycles. The first-order valence-corrected chi connectivity index (χ1v) is 5.55. The molecule has 1 atom stereocenters. The normalized spacial score (nSPS) is 18.1. The first-order chi connectivity index (χ1) is 8.17. The Morgan fingerprint density at radius 2 is 2.35 bits per heavy atom. The van der Waals surface area contributed by atoms with Crippen LogP contribution in [0.4, 0.5) is 5.69 Å². The molecule has 1 aliphatic heterocycles. The van der Waals surface area contributed by atoms with Crippen LogP contribution < -0.4 is 15.9 Å². The van der Waals surface area contributed by atoms with E-state index in [1.807, 2.05) is 24.1 Å². The van der Waals surface area contributed by atoms with Gasteiger partial charge in [-0.1, -0.05) is 29.0 Å². The summed E-state index contributed by atoms with van der Waals surface area (Å²) in [5, 5.41) is 7.29. The van der Waals surface area contributed by atoms with Gasteiger partial charge in [-0.3, -0.25) is 0 Å². The first-order valence-electron chi connectivity index (χ1n) is 5.55. The van der Waals surface area contributed by atoms with Crippen molar-refractivity contribution in [2.45, 2.75) is 13.0 Å². The van der Waals surface area contributed by atoms with Gasteiger partial charge in [-0.2, -0.15) is 0 Å². The van der Waals surface area contributed by atoms with Crippen LogP contribution in [0, 0.1) is 13.0 Å². The van der Waals surface area contributed by atoms with Crippen LogP contribution in [-0.2, 0) is 0 Å². The maximum absolute atomic E-state index is 7.29. The van der Waals surface area contributed by atoms with Gasteiger partial charge in [0.05, 0.1) is 6.04 Å². The van der Waals surface area contributed by atoms with Crippen molar-refractivity contribution in [3.63, 3.8) is 0 Å². The number of rotatable bonds is 2. The third-order valence-electron chi connectivity index (χ3n) is 2.93. The summed E-state index contributed by atoms with van der Waals surface area (Å²) >= 11 is 0. The number of anilines is 1. The van der Waals surface area contributed by atoms with Crippen molar-refractivity contribution in [2.75, 3.05) is 11.4 Å². The van der Waals surface area contributed by atoms with Crippen LogP contribution in [0.25, 0.3) is 0 Å². The summed E-state index contributed by atoms with van der Waals surface area (Å²) in [5.41, 5.74) is 10.1. The predicted octanol–water partition coefficient (Wildman–Crippen LogP) is 0.657. The molecule has 0 saturated carbocycles. The summed E-state index contributed by atoms with van der Waals surface area (Å²) in [6, 6.07) is 8.35. The molecule has 2 rings (SSSR count). The number of fused-ring (bicyclic) bond motifs is 1. The molecule has 0 aromatic heterocycles. The first kappa shape index (κ1) is 11.4. The molecule has 17 heavy (non-hydrogen) atoms. The van der Waals surface area contributed by atoms with Crippen LogP contribution in [0.2, 0.25) is 0 Å². The van der Waals surface area contributed by atoms with Crippen molar-refractivity contribution in [1.82, 2.24) is 0 Å². The zero-order valence-electron chi connectivity index (χ0n) is 9.90. The van der Waals surface area contributed by atoms with Gasteiger partial charge in [0.15, 0.2) is 0 Å². The van der Waals surface area contributed by atoms with Crippen molar-refractivity contribution in [2.24, 2.45) is 5.73 Å². The number of hydrogen-bond donors (Lipinski definition) is 2. The molecule has 0 amide bonds. The molecule has 0 radical (unpaired) electrons. The Balaban J connectivity index is 2.55. The van der Waals surface area contributed by atoms with Crippen molar-refractivity contribution >= 4 is 5.69 Å². The molecule has 3 N–H and O–H groups in total. The number of nitrogens with two attached hydrogens (primary N) is 1. The van der Waals surface area contributed by atoms with E-state index in [0.717, 1.165) is 11.3 Å². The molecule has 1 aromatic rings. The molecule has 1 aromatic carbocycles.